The summed E-state index contributed by atoms with van der Waals surface area (Å²) in [7, 11) is 2.03. The van der Waals surface area contributed by atoms with Crippen LogP contribution in [0.4, 0.5) is 0 Å². The molecule has 5 saturated carbocycles. The van der Waals surface area contributed by atoms with Crippen LogP contribution in [0.5, 0.6) is 0 Å². The number of amides is 1. The van der Waals surface area contributed by atoms with E-state index in [1.807, 2.05) is 20.9 Å². The summed E-state index contributed by atoms with van der Waals surface area (Å²) in [5.41, 5.74) is 0.754. The zero-order valence-electron chi connectivity index (χ0n) is 31.6. The van der Waals surface area contributed by atoms with Gasteiger partial charge in [0.25, 0.3) is 0 Å². The van der Waals surface area contributed by atoms with Crippen molar-refractivity contribution < 1.29 is 24.2 Å². The summed E-state index contributed by atoms with van der Waals surface area (Å²) < 4.78 is 6.26. The molecule has 5 aliphatic rings. The van der Waals surface area contributed by atoms with E-state index in [0.29, 0.717) is 35.5 Å². The minimum Gasteiger partial charge on any atom is -0.481 e. The quantitative estimate of drug-likeness (QED) is 0.198. The lowest BCUT2D eigenvalue weighted by atomic mass is 9.32. The number of fused-ring (bicyclic) bond motifs is 7. The van der Waals surface area contributed by atoms with E-state index in [1.165, 1.54) is 24.8 Å². The van der Waals surface area contributed by atoms with Crippen molar-refractivity contribution in [2.45, 2.75) is 152 Å². The second kappa shape index (κ2) is 12.2. The van der Waals surface area contributed by atoms with E-state index in [-0.39, 0.29) is 52.0 Å². The Kier molecular flexibility index (Phi) is 9.44. The Morgan fingerprint density at radius 2 is 1.55 bits per heavy atom. The zero-order valence-corrected chi connectivity index (χ0v) is 31.6. The summed E-state index contributed by atoms with van der Waals surface area (Å²) in [6.07, 6.45) is 11.8. The summed E-state index contributed by atoms with van der Waals surface area (Å²) in [5, 5.41) is 9.32. The molecule has 5 aliphatic carbocycles. The number of carbonyl (C=O) groups is 3. The summed E-state index contributed by atoms with van der Waals surface area (Å²) in [6, 6.07) is 0. The van der Waals surface area contributed by atoms with Crippen LogP contribution in [0.3, 0.4) is 0 Å². The Hall–Kier alpha value is -1.85. The first-order valence-electron chi connectivity index (χ1n) is 19.0. The average molecular weight is 654 g/mol. The fourth-order valence-electron chi connectivity index (χ4n) is 13.6. The number of rotatable bonds is 9. The molecule has 266 valence electrons. The van der Waals surface area contributed by atoms with Crippen molar-refractivity contribution in [1.82, 2.24) is 4.90 Å². The summed E-state index contributed by atoms with van der Waals surface area (Å²) in [5.74, 6) is 1.64. The smallest absolute Gasteiger partial charge is 0.306 e. The molecule has 0 aromatic carbocycles. The van der Waals surface area contributed by atoms with Crippen molar-refractivity contribution in [3.05, 3.63) is 12.2 Å². The molecule has 10 atom stereocenters. The second-order valence-corrected chi connectivity index (χ2v) is 19.3. The molecule has 0 aliphatic heterocycles. The number of aliphatic carboxylic acids is 1. The fourth-order valence-corrected chi connectivity index (χ4v) is 13.6. The Balaban J connectivity index is 1.41. The molecule has 5 fully saturated rings. The lowest BCUT2D eigenvalue weighted by Gasteiger charge is -2.73. The highest BCUT2D eigenvalue weighted by molar-refractivity contribution is 5.84. The van der Waals surface area contributed by atoms with Gasteiger partial charge < -0.3 is 14.7 Å². The summed E-state index contributed by atoms with van der Waals surface area (Å²) in [6.45, 7) is 25.9. The van der Waals surface area contributed by atoms with Gasteiger partial charge in [0.05, 0.1) is 18.3 Å². The van der Waals surface area contributed by atoms with E-state index in [2.05, 4.69) is 59.9 Å². The van der Waals surface area contributed by atoms with Crippen LogP contribution in [-0.2, 0) is 19.1 Å². The molecule has 1 amide bonds. The fraction of sp³-hybridized carbons (Fsp3) is 0.878. The predicted molar refractivity (Wildman–Crippen MR) is 187 cm³/mol. The van der Waals surface area contributed by atoms with E-state index in [4.69, 9.17) is 4.74 Å². The molecule has 0 bridgehead atoms. The largest absolute Gasteiger partial charge is 0.481 e. The highest BCUT2D eigenvalue weighted by Crippen LogP contribution is 2.77. The molecule has 6 heteroatoms. The third-order valence-electron chi connectivity index (χ3n) is 15.9. The van der Waals surface area contributed by atoms with Crippen LogP contribution in [0, 0.1) is 62.1 Å². The number of hydrogen-bond donors (Lipinski definition) is 1. The van der Waals surface area contributed by atoms with E-state index in [0.717, 1.165) is 57.9 Å². The van der Waals surface area contributed by atoms with Crippen molar-refractivity contribution in [2.75, 3.05) is 13.6 Å². The number of nitrogens with zero attached hydrogens (tertiary/aromatic N) is 1. The molecule has 0 radical (unpaired) electrons. The minimum absolute atomic E-state index is 0.0461. The number of carbonyl (C=O) groups excluding carboxylic acids is 2. The van der Waals surface area contributed by atoms with Crippen LogP contribution in [0.25, 0.3) is 0 Å². The van der Waals surface area contributed by atoms with Crippen molar-refractivity contribution >= 4 is 17.8 Å². The van der Waals surface area contributed by atoms with Gasteiger partial charge in [0.1, 0.15) is 6.10 Å². The van der Waals surface area contributed by atoms with Crippen molar-refractivity contribution in [2.24, 2.45) is 62.1 Å². The third-order valence-corrected chi connectivity index (χ3v) is 15.9. The van der Waals surface area contributed by atoms with Gasteiger partial charge in [-0.3, -0.25) is 14.4 Å². The molecule has 3 unspecified atom stereocenters. The molecule has 1 N–H and O–H groups in total. The average Bonchev–Trinajstić information content (AvgIpc) is 3.35. The molecule has 47 heavy (non-hydrogen) atoms. The molecule has 0 spiro atoms. The van der Waals surface area contributed by atoms with E-state index < -0.39 is 11.4 Å². The van der Waals surface area contributed by atoms with E-state index in [9.17, 15) is 19.5 Å². The third kappa shape index (κ3) is 5.62. The Labute approximate surface area is 286 Å². The predicted octanol–water partition coefficient (Wildman–Crippen LogP) is 9.32. The zero-order chi connectivity index (χ0) is 35.0. The topological polar surface area (TPSA) is 83.9 Å². The lowest BCUT2D eigenvalue weighted by molar-refractivity contribution is -0.250. The SMILES string of the molecule is C=C(C)[C@@H]1CC[C@]2(C(=O)N(C)CCC)CC[C@]3(C)[C@H](CCC4[C@@]5(C)CC[C@H](OC(=O)CC(C)(C)CC(=O)O)C(C)(C)C5CC[C@]43C)C12. The number of esters is 1. The van der Waals surface area contributed by atoms with Gasteiger partial charge in [-0.05, 0) is 129 Å². The van der Waals surface area contributed by atoms with E-state index in [1.54, 1.807) is 0 Å². The Bertz CT molecular complexity index is 1270. The van der Waals surface area contributed by atoms with Crippen LogP contribution in [0.1, 0.15) is 146 Å². The van der Waals surface area contributed by atoms with Gasteiger partial charge in [-0.15, -0.1) is 0 Å². The Morgan fingerprint density at radius 3 is 2.17 bits per heavy atom. The first-order valence-corrected chi connectivity index (χ1v) is 19.0. The van der Waals surface area contributed by atoms with Crippen LogP contribution in [-0.4, -0.2) is 47.5 Å². The molecular formula is C41H67NO5. The van der Waals surface area contributed by atoms with Crippen molar-refractivity contribution in [3.8, 4) is 0 Å². The maximum Gasteiger partial charge on any atom is 0.306 e. The Morgan fingerprint density at radius 1 is 0.872 bits per heavy atom. The van der Waals surface area contributed by atoms with Gasteiger partial charge in [0.2, 0.25) is 5.91 Å². The minimum atomic E-state index is -0.882. The van der Waals surface area contributed by atoms with Crippen LogP contribution < -0.4 is 0 Å². The van der Waals surface area contributed by atoms with Crippen LogP contribution in [0.15, 0.2) is 12.2 Å². The number of carboxylic acids is 1. The van der Waals surface area contributed by atoms with Gasteiger partial charge in [-0.1, -0.05) is 67.5 Å². The van der Waals surface area contributed by atoms with Crippen molar-refractivity contribution in [1.29, 1.82) is 0 Å². The number of ether oxygens (including phenoxy) is 1. The molecule has 0 heterocycles. The van der Waals surface area contributed by atoms with Gasteiger partial charge in [0, 0.05) is 19.0 Å². The molecule has 5 rings (SSSR count). The van der Waals surface area contributed by atoms with Crippen LogP contribution in [0.2, 0.25) is 0 Å². The van der Waals surface area contributed by atoms with Crippen LogP contribution >= 0.6 is 0 Å². The van der Waals surface area contributed by atoms with E-state index >= 15 is 0 Å². The molecule has 0 aromatic heterocycles. The van der Waals surface area contributed by atoms with Gasteiger partial charge in [0.15, 0.2) is 0 Å². The van der Waals surface area contributed by atoms with Gasteiger partial charge in [-0.2, -0.15) is 0 Å². The maximum absolute atomic E-state index is 14.4. The molecule has 6 nitrogen and oxygen atoms in total. The second-order valence-electron chi connectivity index (χ2n) is 19.3. The van der Waals surface area contributed by atoms with Crippen molar-refractivity contribution in [3.63, 3.8) is 0 Å². The first-order chi connectivity index (χ1) is 21.7. The maximum atomic E-state index is 14.4. The highest BCUT2D eigenvalue weighted by atomic mass is 16.5. The first kappa shape index (κ1) is 36.4. The summed E-state index contributed by atoms with van der Waals surface area (Å²) >= 11 is 0. The highest BCUT2D eigenvalue weighted by Gasteiger charge is 2.72. The standard InChI is InChI=1S/C41H67NO5/c1-12-23-42(11)35(46)41-20-15-27(26(2)3)34(41)28-13-14-30-38(8)18-17-31(47-33(45)25-36(4,5)24-32(43)44)37(6,7)29(38)16-19-40(30,10)39(28,9)21-22-41/h27-31,34H,2,12-25H2,1,3-11H3,(H,43,44)/t27-,28+,29?,30?,31-,34?,38-,39+,40+,41-/m0/s1. The van der Waals surface area contributed by atoms with Gasteiger partial charge in [-0.25, -0.2) is 0 Å². The number of carboxylic acid groups (broad SMARTS) is 1. The monoisotopic (exact) mass is 654 g/mol. The molecule has 0 aromatic rings. The lowest BCUT2D eigenvalue weighted by Crippen LogP contribution is -2.67. The number of allylic oxidation sites excluding steroid dienone is 1. The normalized spacial score (nSPS) is 42.3. The van der Waals surface area contributed by atoms with Gasteiger partial charge >= 0.3 is 11.9 Å². The molecule has 0 saturated heterocycles. The molecular weight excluding hydrogens is 586 g/mol. The number of hydrogen-bond acceptors (Lipinski definition) is 4. The summed E-state index contributed by atoms with van der Waals surface area (Å²) in [4.78, 5) is 41.0.